The molecule has 0 radical (unpaired) electrons. The van der Waals surface area contributed by atoms with Crippen LogP contribution in [-0.2, 0) is 4.79 Å². The summed E-state index contributed by atoms with van der Waals surface area (Å²) in [6, 6.07) is 3.84. The summed E-state index contributed by atoms with van der Waals surface area (Å²) >= 11 is 0. The molecule has 1 aromatic carbocycles. The van der Waals surface area contributed by atoms with E-state index < -0.39 is 12.1 Å². The van der Waals surface area contributed by atoms with Crippen molar-refractivity contribution in [2.45, 2.75) is 32.8 Å². The molecule has 0 aromatic heterocycles. The number of carbonyl (C=O) groups is 1. The summed E-state index contributed by atoms with van der Waals surface area (Å²) in [6.45, 7) is 5.75. The highest BCUT2D eigenvalue weighted by Gasteiger charge is 2.27. The molecule has 122 valence electrons. The topological polar surface area (TPSA) is 70.0 Å². The Morgan fingerprint density at radius 1 is 1.41 bits per heavy atom. The molecule has 1 fully saturated rings. The smallest absolute Gasteiger partial charge is 0.307 e. The molecule has 2 rings (SSSR count). The zero-order valence-electron chi connectivity index (χ0n) is 13.5. The van der Waals surface area contributed by atoms with Gasteiger partial charge in [0.2, 0.25) is 0 Å². The SMILES string of the molecule is COc1cc(C)c(C(O)CN2CCCC(C(=O)O)C2)c(C)c1. The van der Waals surface area contributed by atoms with Gasteiger partial charge in [0.15, 0.2) is 0 Å². The first kappa shape index (κ1) is 16.8. The molecule has 1 aliphatic rings. The molecule has 0 aliphatic carbocycles. The molecule has 0 bridgehead atoms. The zero-order chi connectivity index (χ0) is 16.3. The summed E-state index contributed by atoms with van der Waals surface area (Å²) in [6.07, 6.45) is 0.978. The van der Waals surface area contributed by atoms with Gasteiger partial charge in [0.1, 0.15) is 5.75 Å². The van der Waals surface area contributed by atoms with Crippen LogP contribution < -0.4 is 4.74 Å². The van der Waals surface area contributed by atoms with E-state index in [9.17, 15) is 9.90 Å². The number of likely N-dealkylation sites (tertiary alicyclic amines) is 1. The molecule has 5 heteroatoms. The standard InChI is InChI=1S/C17H25NO4/c1-11-7-14(22-3)8-12(2)16(11)15(19)10-18-6-4-5-13(9-18)17(20)21/h7-8,13,15,19H,4-6,9-10H2,1-3H3,(H,20,21). The molecule has 0 spiro atoms. The van der Waals surface area contributed by atoms with Crippen molar-refractivity contribution in [2.24, 2.45) is 5.92 Å². The van der Waals surface area contributed by atoms with Gasteiger partial charge in [0.25, 0.3) is 0 Å². The number of β-amino-alcohol motifs (C(OH)–C–C–N with tert-alkyl or cyclic N) is 1. The second kappa shape index (κ2) is 7.11. The molecular formula is C17H25NO4. The number of hydrogen-bond acceptors (Lipinski definition) is 4. The maximum atomic E-state index is 11.1. The molecule has 1 aromatic rings. The van der Waals surface area contributed by atoms with E-state index in [1.807, 2.05) is 26.0 Å². The number of aryl methyl sites for hydroxylation is 2. The number of hydrogen-bond donors (Lipinski definition) is 2. The van der Waals surface area contributed by atoms with Gasteiger partial charge in [0.05, 0.1) is 19.1 Å². The molecule has 1 aliphatic heterocycles. The van der Waals surface area contributed by atoms with Gasteiger partial charge in [-0.1, -0.05) is 0 Å². The van der Waals surface area contributed by atoms with Crippen molar-refractivity contribution in [1.29, 1.82) is 0 Å². The molecule has 0 amide bonds. The summed E-state index contributed by atoms with van der Waals surface area (Å²) < 4.78 is 5.24. The monoisotopic (exact) mass is 307 g/mol. The van der Waals surface area contributed by atoms with Crippen LogP contribution in [0, 0.1) is 19.8 Å². The molecule has 1 heterocycles. The second-order valence-electron chi connectivity index (χ2n) is 6.13. The van der Waals surface area contributed by atoms with Crippen LogP contribution in [0.5, 0.6) is 5.75 Å². The van der Waals surface area contributed by atoms with Crippen LogP contribution >= 0.6 is 0 Å². The second-order valence-corrected chi connectivity index (χ2v) is 6.13. The fourth-order valence-electron chi connectivity index (χ4n) is 3.34. The summed E-state index contributed by atoms with van der Waals surface area (Å²) in [4.78, 5) is 13.2. The number of aliphatic hydroxyl groups is 1. The van der Waals surface area contributed by atoms with E-state index >= 15 is 0 Å². The number of nitrogens with zero attached hydrogens (tertiary/aromatic N) is 1. The molecule has 2 atom stereocenters. The van der Waals surface area contributed by atoms with Crippen LogP contribution in [0.1, 0.15) is 35.6 Å². The van der Waals surface area contributed by atoms with Gasteiger partial charge in [-0.25, -0.2) is 0 Å². The molecule has 2 N–H and O–H groups in total. The number of rotatable bonds is 5. The Labute approximate surface area is 131 Å². The molecule has 22 heavy (non-hydrogen) atoms. The van der Waals surface area contributed by atoms with Crippen molar-refractivity contribution in [3.63, 3.8) is 0 Å². The van der Waals surface area contributed by atoms with Crippen molar-refractivity contribution in [1.82, 2.24) is 4.90 Å². The zero-order valence-corrected chi connectivity index (χ0v) is 13.5. The van der Waals surface area contributed by atoms with Gasteiger partial charge in [0, 0.05) is 13.1 Å². The first-order chi connectivity index (χ1) is 10.4. The molecular weight excluding hydrogens is 282 g/mol. The van der Waals surface area contributed by atoms with Crippen molar-refractivity contribution >= 4 is 5.97 Å². The van der Waals surface area contributed by atoms with E-state index in [-0.39, 0.29) is 5.92 Å². The van der Waals surface area contributed by atoms with Crippen LogP contribution in [0.3, 0.4) is 0 Å². The lowest BCUT2D eigenvalue weighted by Crippen LogP contribution is -2.40. The number of piperidine rings is 1. The highest BCUT2D eigenvalue weighted by atomic mass is 16.5. The Bertz CT molecular complexity index is 520. The van der Waals surface area contributed by atoms with Crippen LogP contribution in [0.15, 0.2) is 12.1 Å². The minimum Gasteiger partial charge on any atom is -0.497 e. The Balaban J connectivity index is 2.09. The Kier molecular flexibility index (Phi) is 5.42. The highest BCUT2D eigenvalue weighted by Crippen LogP contribution is 2.28. The van der Waals surface area contributed by atoms with Crippen molar-refractivity contribution in [3.05, 3.63) is 28.8 Å². The van der Waals surface area contributed by atoms with E-state index in [4.69, 9.17) is 9.84 Å². The fourth-order valence-corrected chi connectivity index (χ4v) is 3.34. The van der Waals surface area contributed by atoms with E-state index in [1.54, 1.807) is 7.11 Å². The number of methoxy groups -OCH3 is 1. The predicted molar refractivity (Wildman–Crippen MR) is 84.2 cm³/mol. The third-order valence-corrected chi connectivity index (χ3v) is 4.42. The van der Waals surface area contributed by atoms with E-state index in [0.29, 0.717) is 13.1 Å². The summed E-state index contributed by atoms with van der Waals surface area (Å²) in [5.41, 5.74) is 2.91. The van der Waals surface area contributed by atoms with Crippen LogP contribution in [0.25, 0.3) is 0 Å². The lowest BCUT2D eigenvalue weighted by atomic mass is 9.94. The Hall–Kier alpha value is -1.59. The fraction of sp³-hybridized carbons (Fsp3) is 0.588. The third-order valence-electron chi connectivity index (χ3n) is 4.42. The molecule has 0 saturated carbocycles. The van der Waals surface area contributed by atoms with E-state index in [0.717, 1.165) is 41.8 Å². The normalized spacial score (nSPS) is 20.6. The van der Waals surface area contributed by atoms with Gasteiger partial charge in [-0.3, -0.25) is 9.69 Å². The first-order valence-electron chi connectivity index (χ1n) is 7.70. The van der Waals surface area contributed by atoms with Crippen molar-refractivity contribution in [2.75, 3.05) is 26.7 Å². The number of carboxylic acids is 1. The average molecular weight is 307 g/mol. The predicted octanol–water partition coefficient (Wildman–Crippen LogP) is 2.14. The average Bonchev–Trinajstić information content (AvgIpc) is 2.46. The van der Waals surface area contributed by atoms with Gasteiger partial charge in [-0.15, -0.1) is 0 Å². The number of benzene rings is 1. The summed E-state index contributed by atoms with van der Waals surface area (Å²) in [5.74, 6) is -0.273. The van der Waals surface area contributed by atoms with Crippen LogP contribution in [0.4, 0.5) is 0 Å². The molecule has 1 saturated heterocycles. The summed E-state index contributed by atoms with van der Waals surface area (Å²) in [5, 5.41) is 19.7. The first-order valence-corrected chi connectivity index (χ1v) is 7.70. The molecule has 2 unspecified atom stereocenters. The van der Waals surface area contributed by atoms with E-state index in [2.05, 4.69) is 4.90 Å². The Morgan fingerprint density at radius 2 is 2.05 bits per heavy atom. The minimum atomic E-state index is -0.740. The largest absolute Gasteiger partial charge is 0.497 e. The maximum absolute atomic E-state index is 11.1. The van der Waals surface area contributed by atoms with Gasteiger partial charge in [-0.2, -0.15) is 0 Å². The van der Waals surface area contributed by atoms with Crippen LogP contribution in [-0.4, -0.2) is 47.8 Å². The van der Waals surface area contributed by atoms with Crippen molar-refractivity contribution < 1.29 is 19.7 Å². The number of aliphatic carboxylic acids is 1. The Morgan fingerprint density at radius 3 is 2.59 bits per heavy atom. The van der Waals surface area contributed by atoms with Crippen molar-refractivity contribution in [3.8, 4) is 5.75 Å². The van der Waals surface area contributed by atoms with Crippen LogP contribution in [0.2, 0.25) is 0 Å². The summed E-state index contributed by atoms with van der Waals surface area (Å²) in [7, 11) is 1.63. The quantitative estimate of drug-likeness (QED) is 0.872. The third kappa shape index (κ3) is 3.78. The maximum Gasteiger partial charge on any atom is 0.307 e. The number of aliphatic hydroxyl groups excluding tert-OH is 1. The minimum absolute atomic E-state index is 0.320. The van der Waals surface area contributed by atoms with Gasteiger partial charge < -0.3 is 14.9 Å². The lowest BCUT2D eigenvalue weighted by molar-refractivity contribution is -0.143. The highest BCUT2D eigenvalue weighted by molar-refractivity contribution is 5.70. The number of carboxylic acid groups (broad SMARTS) is 1. The molecule has 5 nitrogen and oxygen atoms in total. The number of ether oxygens (including phenoxy) is 1. The van der Waals surface area contributed by atoms with Gasteiger partial charge in [-0.05, 0) is 62.1 Å². The lowest BCUT2D eigenvalue weighted by Gasteiger charge is -2.32. The van der Waals surface area contributed by atoms with E-state index in [1.165, 1.54) is 0 Å². The van der Waals surface area contributed by atoms with Gasteiger partial charge >= 0.3 is 5.97 Å².